The van der Waals surface area contributed by atoms with Crippen LogP contribution in [0.4, 0.5) is 5.82 Å². The quantitative estimate of drug-likeness (QED) is 0.391. The molecule has 0 aliphatic carbocycles. The van der Waals surface area contributed by atoms with E-state index in [1.165, 1.54) is 0 Å². The van der Waals surface area contributed by atoms with Crippen molar-refractivity contribution in [2.24, 2.45) is 4.99 Å². The molecule has 140 valence electrons. The standard InChI is InChI=1S/C17H28ClN5O2/c1-19-17(21-8-4-10-25-12-11-24-2)22-14-6-9-23(13-14)16-15(18)5-3-7-20-16/h3,5,7,14H,4,6,8-13H2,1-2H3,(H2,19,21,22). The van der Waals surface area contributed by atoms with Gasteiger partial charge < -0.3 is 25.0 Å². The summed E-state index contributed by atoms with van der Waals surface area (Å²) in [6, 6.07) is 4.05. The Hall–Kier alpha value is -1.57. The fourth-order valence-corrected chi connectivity index (χ4v) is 2.93. The molecule has 0 radical (unpaired) electrons. The Morgan fingerprint density at radius 3 is 3.08 bits per heavy atom. The van der Waals surface area contributed by atoms with Crippen molar-refractivity contribution in [3.05, 3.63) is 23.4 Å². The maximum absolute atomic E-state index is 6.23. The topological polar surface area (TPSA) is 71.0 Å². The molecule has 1 atom stereocenters. The molecule has 25 heavy (non-hydrogen) atoms. The molecule has 8 heteroatoms. The van der Waals surface area contributed by atoms with Gasteiger partial charge in [0.1, 0.15) is 5.82 Å². The zero-order valence-corrected chi connectivity index (χ0v) is 15.8. The first kappa shape index (κ1) is 19.8. The van der Waals surface area contributed by atoms with Gasteiger partial charge in [-0.05, 0) is 25.0 Å². The van der Waals surface area contributed by atoms with Crippen molar-refractivity contribution in [3.8, 4) is 0 Å². The Morgan fingerprint density at radius 1 is 1.44 bits per heavy atom. The second kappa shape index (κ2) is 11.1. The summed E-state index contributed by atoms with van der Waals surface area (Å²) in [6.45, 7) is 4.58. The molecular weight excluding hydrogens is 342 g/mol. The van der Waals surface area contributed by atoms with Gasteiger partial charge in [0, 0.05) is 52.6 Å². The summed E-state index contributed by atoms with van der Waals surface area (Å²) in [5, 5.41) is 7.48. The number of nitrogens with zero attached hydrogens (tertiary/aromatic N) is 3. The van der Waals surface area contributed by atoms with Crippen LogP contribution >= 0.6 is 11.6 Å². The third kappa shape index (κ3) is 6.68. The van der Waals surface area contributed by atoms with Crippen LogP contribution in [-0.2, 0) is 9.47 Å². The zero-order chi connectivity index (χ0) is 17.9. The van der Waals surface area contributed by atoms with E-state index in [2.05, 4.69) is 25.5 Å². The monoisotopic (exact) mass is 369 g/mol. The first-order chi connectivity index (χ1) is 12.2. The van der Waals surface area contributed by atoms with E-state index in [4.69, 9.17) is 21.1 Å². The molecule has 2 rings (SSSR count). The molecule has 1 fully saturated rings. The largest absolute Gasteiger partial charge is 0.382 e. The van der Waals surface area contributed by atoms with Crippen molar-refractivity contribution in [3.63, 3.8) is 0 Å². The van der Waals surface area contributed by atoms with Crippen molar-refractivity contribution in [2.75, 3.05) is 58.5 Å². The molecule has 1 aliphatic rings. The number of hydrogen-bond acceptors (Lipinski definition) is 5. The smallest absolute Gasteiger partial charge is 0.191 e. The predicted octanol–water partition coefficient (Wildman–Crippen LogP) is 1.53. The van der Waals surface area contributed by atoms with E-state index in [0.717, 1.165) is 44.3 Å². The van der Waals surface area contributed by atoms with Crippen molar-refractivity contribution in [1.29, 1.82) is 0 Å². The number of guanidine groups is 1. The van der Waals surface area contributed by atoms with E-state index < -0.39 is 0 Å². The number of methoxy groups -OCH3 is 1. The van der Waals surface area contributed by atoms with Crippen molar-refractivity contribution in [2.45, 2.75) is 18.9 Å². The number of halogens is 1. The van der Waals surface area contributed by atoms with Crippen LogP contribution in [0.3, 0.4) is 0 Å². The van der Waals surface area contributed by atoms with Gasteiger partial charge in [0.05, 0.1) is 18.2 Å². The Morgan fingerprint density at radius 2 is 2.32 bits per heavy atom. The minimum absolute atomic E-state index is 0.322. The number of aromatic nitrogens is 1. The molecule has 0 bridgehead atoms. The van der Waals surface area contributed by atoms with E-state index in [9.17, 15) is 0 Å². The molecule has 1 unspecified atom stereocenters. The van der Waals surface area contributed by atoms with Crippen LogP contribution in [0.25, 0.3) is 0 Å². The molecule has 1 saturated heterocycles. The second-order valence-electron chi connectivity index (χ2n) is 5.84. The Labute approximate surface area is 154 Å². The summed E-state index contributed by atoms with van der Waals surface area (Å²) in [5.41, 5.74) is 0. The van der Waals surface area contributed by atoms with Gasteiger partial charge in [0.2, 0.25) is 0 Å². The number of rotatable bonds is 9. The fourth-order valence-electron chi connectivity index (χ4n) is 2.69. The summed E-state index contributed by atoms with van der Waals surface area (Å²) >= 11 is 6.23. The van der Waals surface area contributed by atoms with E-state index in [-0.39, 0.29) is 0 Å². The average Bonchev–Trinajstić information content (AvgIpc) is 3.08. The van der Waals surface area contributed by atoms with Gasteiger partial charge in [-0.15, -0.1) is 0 Å². The van der Waals surface area contributed by atoms with Gasteiger partial charge in [-0.25, -0.2) is 4.98 Å². The summed E-state index contributed by atoms with van der Waals surface area (Å²) in [5.74, 6) is 1.67. The van der Waals surface area contributed by atoms with Gasteiger partial charge in [0.15, 0.2) is 5.96 Å². The highest BCUT2D eigenvalue weighted by atomic mass is 35.5. The maximum atomic E-state index is 6.23. The minimum atomic E-state index is 0.322. The van der Waals surface area contributed by atoms with Crippen molar-refractivity contribution >= 4 is 23.4 Å². The van der Waals surface area contributed by atoms with Gasteiger partial charge in [-0.3, -0.25) is 4.99 Å². The van der Waals surface area contributed by atoms with Crippen LogP contribution in [-0.4, -0.2) is 70.6 Å². The number of pyridine rings is 1. The van der Waals surface area contributed by atoms with E-state index in [1.807, 2.05) is 12.1 Å². The Balaban J connectivity index is 1.68. The van der Waals surface area contributed by atoms with E-state index in [0.29, 0.717) is 30.9 Å². The van der Waals surface area contributed by atoms with Gasteiger partial charge >= 0.3 is 0 Å². The second-order valence-corrected chi connectivity index (χ2v) is 6.25. The van der Waals surface area contributed by atoms with Crippen LogP contribution in [0.1, 0.15) is 12.8 Å². The average molecular weight is 370 g/mol. The number of hydrogen-bond donors (Lipinski definition) is 2. The molecule has 0 amide bonds. The van der Waals surface area contributed by atoms with Crippen LogP contribution in [0.2, 0.25) is 5.02 Å². The highest BCUT2D eigenvalue weighted by Crippen LogP contribution is 2.25. The van der Waals surface area contributed by atoms with Crippen molar-refractivity contribution < 1.29 is 9.47 Å². The first-order valence-corrected chi connectivity index (χ1v) is 9.01. The third-order valence-corrected chi connectivity index (χ3v) is 4.28. The molecule has 0 spiro atoms. The van der Waals surface area contributed by atoms with Crippen molar-refractivity contribution in [1.82, 2.24) is 15.6 Å². The highest BCUT2D eigenvalue weighted by molar-refractivity contribution is 6.32. The molecule has 0 aromatic carbocycles. The zero-order valence-electron chi connectivity index (χ0n) is 15.0. The molecule has 0 saturated carbocycles. The van der Waals surface area contributed by atoms with Gasteiger partial charge in [0.25, 0.3) is 0 Å². The Bertz CT molecular complexity index is 544. The predicted molar refractivity (Wildman–Crippen MR) is 102 cm³/mol. The minimum Gasteiger partial charge on any atom is -0.382 e. The Kier molecular flexibility index (Phi) is 8.79. The lowest BCUT2D eigenvalue weighted by Gasteiger charge is -2.20. The number of anilines is 1. The molecule has 2 heterocycles. The lowest BCUT2D eigenvalue weighted by atomic mass is 10.3. The summed E-state index contributed by atoms with van der Waals surface area (Å²) < 4.78 is 10.4. The van der Waals surface area contributed by atoms with Crippen LogP contribution < -0.4 is 15.5 Å². The van der Waals surface area contributed by atoms with E-state index in [1.54, 1.807) is 20.4 Å². The number of aliphatic imine (C=N–C) groups is 1. The van der Waals surface area contributed by atoms with Gasteiger partial charge in [-0.2, -0.15) is 0 Å². The summed E-state index contributed by atoms with van der Waals surface area (Å²) in [6.07, 6.45) is 3.72. The molecule has 2 N–H and O–H groups in total. The van der Waals surface area contributed by atoms with E-state index >= 15 is 0 Å². The number of ether oxygens (including phenoxy) is 2. The lowest BCUT2D eigenvalue weighted by molar-refractivity contribution is 0.0698. The lowest BCUT2D eigenvalue weighted by Crippen LogP contribution is -2.45. The summed E-state index contributed by atoms with van der Waals surface area (Å²) in [7, 11) is 3.46. The SMILES string of the molecule is CN=C(NCCCOCCOC)NC1CCN(c2ncccc2Cl)C1. The van der Waals surface area contributed by atoms with Gasteiger partial charge in [-0.1, -0.05) is 11.6 Å². The molecule has 1 aliphatic heterocycles. The molecule has 7 nitrogen and oxygen atoms in total. The summed E-state index contributed by atoms with van der Waals surface area (Å²) in [4.78, 5) is 10.9. The third-order valence-electron chi connectivity index (χ3n) is 3.98. The van der Waals surface area contributed by atoms with Crippen LogP contribution in [0.15, 0.2) is 23.3 Å². The number of nitrogens with one attached hydrogen (secondary N) is 2. The molecule has 1 aromatic rings. The molecule has 1 aromatic heterocycles. The molecular formula is C17H28ClN5O2. The van der Waals surface area contributed by atoms with Crippen LogP contribution in [0, 0.1) is 0 Å². The normalized spacial score (nSPS) is 17.8. The van der Waals surface area contributed by atoms with Crippen LogP contribution in [0.5, 0.6) is 0 Å². The maximum Gasteiger partial charge on any atom is 0.191 e. The fraction of sp³-hybridized carbons (Fsp3) is 0.647. The highest BCUT2D eigenvalue weighted by Gasteiger charge is 2.25. The first-order valence-electron chi connectivity index (χ1n) is 8.64.